The van der Waals surface area contributed by atoms with Crippen LogP contribution in [0.15, 0.2) is 42.5 Å². The number of carbonyl (C=O) groups is 1. The van der Waals surface area contributed by atoms with Gasteiger partial charge in [-0.15, -0.1) is 0 Å². The first-order chi connectivity index (χ1) is 10.0. The van der Waals surface area contributed by atoms with E-state index in [-0.39, 0.29) is 17.7 Å². The lowest BCUT2D eigenvalue weighted by molar-refractivity contribution is -0.384. The number of hydrogen-bond acceptors (Lipinski definition) is 4. The molecule has 108 valence electrons. The van der Waals surface area contributed by atoms with Gasteiger partial charge in [0.25, 0.3) is 5.69 Å². The van der Waals surface area contributed by atoms with Crippen molar-refractivity contribution in [3.8, 4) is 11.1 Å². The number of nitrogens with zero attached hydrogens (tertiary/aromatic N) is 1. The van der Waals surface area contributed by atoms with Crippen LogP contribution in [0.3, 0.4) is 0 Å². The van der Waals surface area contributed by atoms with Crippen molar-refractivity contribution in [2.75, 3.05) is 6.61 Å². The van der Waals surface area contributed by atoms with E-state index in [1.54, 1.807) is 37.3 Å². The van der Waals surface area contributed by atoms with Crippen molar-refractivity contribution < 1.29 is 18.8 Å². The Balaban J connectivity index is 2.62. The van der Waals surface area contributed by atoms with Gasteiger partial charge in [-0.3, -0.25) is 10.1 Å². The van der Waals surface area contributed by atoms with Crippen LogP contribution in [-0.4, -0.2) is 17.5 Å². The molecule has 0 heterocycles. The van der Waals surface area contributed by atoms with E-state index in [0.29, 0.717) is 5.56 Å². The molecule has 0 radical (unpaired) electrons. The molecule has 0 atom stereocenters. The molecule has 0 aliphatic carbocycles. The molecule has 0 fully saturated rings. The van der Waals surface area contributed by atoms with Crippen LogP contribution in [0.2, 0.25) is 0 Å². The van der Waals surface area contributed by atoms with E-state index in [2.05, 4.69) is 0 Å². The van der Waals surface area contributed by atoms with E-state index < -0.39 is 22.4 Å². The Bertz CT molecular complexity index is 686. The maximum atomic E-state index is 14.2. The van der Waals surface area contributed by atoms with Crippen LogP contribution in [0.4, 0.5) is 10.1 Å². The van der Waals surface area contributed by atoms with Gasteiger partial charge in [-0.1, -0.05) is 30.3 Å². The van der Waals surface area contributed by atoms with Gasteiger partial charge < -0.3 is 4.74 Å². The van der Waals surface area contributed by atoms with E-state index in [1.807, 2.05) is 0 Å². The second-order valence-electron chi connectivity index (χ2n) is 4.20. The van der Waals surface area contributed by atoms with Crippen LogP contribution < -0.4 is 0 Å². The summed E-state index contributed by atoms with van der Waals surface area (Å²) in [6.45, 7) is 1.70. The van der Waals surface area contributed by atoms with Gasteiger partial charge in [0.15, 0.2) is 0 Å². The predicted molar refractivity (Wildman–Crippen MR) is 74.4 cm³/mol. The van der Waals surface area contributed by atoms with Crippen LogP contribution in [0.25, 0.3) is 11.1 Å². The molecule has 0 unspecified atom stereocenters. The van der Waals surface area contributed by atoms with Gasteiger partial charge >= 0.3 is 5.97 Å². The van der Waals surface area contributed by atoms with Crippen molar-refractivity contribution in [1.82, 2.24) is 0 Å². The summed E-state index contributed by atoms with van der Waals surface area (Å²) in [6, 6.07) is 10.1. The Labute approximate surface area is 120 Å². The lowest BCUT2D eigenvalue weighted by atomic mass is 10.0. The lowest BCUT2D eigenvalue weighted by Gasteiger charge is -2.07. The van der Waals surface area contributed by atoms with Crippen molar-refractivity contribution in [3.63, 3.8) is 0 Å². The predicted octanol–water partition coefficient (Wildman–Crippen LogP) is 3.58. The molecule has 0 saturated carbocycles. The first-order valence-corrected chi connectivity index (χ1v) is 6.25. The Kier molecular flexibility index (Phi) is 4.27. The molecule has 2 aromatic rings. The van der Waals surface area contributed by atoms with E-state index in [1.165, 1.54) is 0 Å². The third-order valence-electron chi connectivity index (χ3n) is 2.84. The molecule has 0 spiro atoms. The van der Waals surface area contributed by atoms with Crippen LogP contribution in [0.1, 0.15) is 17.3 Å². The zero-order valence-corrected chi connectivity index (χ0v) is 11.2. The third-order valence-corrected chi connectivity index (χ3v) is 2.84. The largest absolute Gasteiger partial charge is 0.462 e. The second kappa shape index (κ2) is 6.13. The summed E-state index contributed by atoms with van der Waals surface area (Å²) >= 11 is 0. The van der Waals surface area contributed by atoms with Gasteiger partial charge in [-0.2, -0.15) is 0 Å². The number of ether oxygens (including phenoxy) is 1. The summed E-state index contributed by atoms with van der Waals surface area (Å²) in [5.41, 5.74) is -0.421. The number of nitro benzene ring substituents is 1. The first-order valence-electron chi connectivity index (χ1n) is 6.25. The van der Waals surface area contributed by atoms with Crippen LogP contribution in [0, 0.1) is 15.9 Å². The van der Waals surface area contributed by atoms with Crippen molar-refractivity contribution in [2.24, 2.45) is 0 Å². The van der Waals surface area contributed by atoms with Crippen molar-refractivity contribution in [3.05, 3.63) is 64.0 Å². The molecule has 2 rings (SSSR count). The Morgan fingerprint density at radius 3 is 2.52 bits per heavy atom. The number of rotatable bonds is 4. The van der Waals surface area contributed by atoms with Gasteiger partial charge in [0.05, 0.1) is 22.7 Å². The maximum Gasteiger partial charge on any atom is 0.338 e. The fourth-order valence-corrected chi connectivity index (χ4v) is 1.96. The second-order valence-corrected chi connectivity index (χ2v) is 4.20. The molecule has 5 nitrogen and oxygen atoms in total. The number of carbonyl (C=O) groups excluding carboxylic acids is 1. The fraction of sp³-hybridized carbons (Fsp3) is 0.133. The van der Waals surface area contributed by atoms with E-state index in [4.69, 9.17) is 4.74 Å². The maximum absolute atomic E-state index is 14.2. The number of nitro groups is 1. The smallest absolute Gasteiger partial charge is 0.338 e. The van der Waals surface area contributed by atoms with E-state index in [0.717, 1.165) is 12.1 Å². The number of halogens is 1. The zero-order chi connectivity index (χ0) is 15.4. The monoisotopic (exact) mass is 289 g/mol. The molecule has 0 aliphatic rings. The molecule has 0 amide bonds. The van der Waals surface area contributed by atoms with Crippen molar-refractivity contribution in [1.29, 1.82) is 0 Å². The fourth-order valence-electron chi connectivity index (χ4n) is 1.96. The summed E-state index contributed by atoms with van der Waals surface area (Å²) < 4.78 is 19.0. The summed E-state index contributed by atoms with van der Waals surface area (Å²) in [6.07, 6.45) is 0. The average molecular weight is 289 g/mol. The molecule has 0 N–H and O–H groups in total. The first kappa shape index (κ1) is 14.6. The zero-order valence-electron chi connectivity index (χ0n) is 11.2. The number of hydrogen-bond donors (Lipinski definition) is 0. The van der Waals surface area contributed by atoms with Crippen molar-refractivity contribution >= 4 is 11.7 Å². The summed E-state index contributed by atoms with van der Waals surface area (Å²) in [7, 11) is 0. The molecule has 0 saturated heterocycles. The Morgan fingerprint density at radius 1 is 1.29 bits per heavy atom. The highest BCUT2D eigenvalue weighted by Gasteiger charge is 2.24. The number of benzene rings is 2. The van der Waals surface area contributed by atoms with E-state index >= 15 is 0 Å². The number of esters is 1. The molecule has 0 bridgehead atoms. The van der Waals surface area contributed by atoms with Crippen LogP contribution in [-0.2, 0) is 4.74 Å². The summed E-state index contributed by atoms with van der Waals surface area (Å²) in [5, 5.41) is 11.2. The normalized spacial score (nSPS) is 10.2. The van der Waals surface area contributed by atoms with Gasteiger partial charge in [0, 0.05) is 6.07 Å². The summed E-state index contributed by atoms with van der Waals surface area (Å²) in [4.78, 5) is 22.1. The topological polar surface area (TPSA) is 69.4 Å². The molecule has 6 heteroatoms. The molecule has 0 aliphatic heterocycles. The highest BCUT2D eigenvalue weighted by molar-refractivity contribution is 5.92. The molecular weight excluding hydrogens is 277 g/mol. The Morgan fingerprint density at radius 2 is 1.95 bits per heavy atom. The highest BCUT2D eigenvalue weighted by atomic mass is 19.1. The SMILES string of the molecule is CCOC(=O)c1cc(F)c(-c2ccccc2)c([N+](=O)[O-])c1. The quantitative estimate of drug-likeness (QED) is 0.490. The third kappa shape index (κ3) is 3.05. The van der Waals surface area contributed by atoms with Gasteiger partial charge in [0.1, 0.15) is 5.82 Å². The highest BCUT2D eigenvalue weighted by Crippen LogP contribution is 2.33. The molecule has 0 aromatic heterocycles. The molecular formula is C15H12FNO4. The minimum Gasteiger partial charge on any atom is -0.462 e. The van der Waals surface area contributed by atoms with Gasteiger partial charge in [0.2, 0.25) is 0 Å². The average Bonchev–Trinajstić information content (AvgIpc) is 2.47. The van der Waals surface area contributed by atoms with Crippen LogP contribution in [0.5, 0.6) is 0 Å². The lowest BCUT2D eigenvalue weighted by Crippen LogP contribution is -2.07. The van der Waals surface area contributed by atoms with Crippen LogP contribution >= 0.6 is 0 Å². The van der Waals surface area contributed by atoms with Crippen molar-refractivity contribution in [2.45, 2.75) is 6.92 Å². The van der Waals surface area contributed by atoms with E-state index in [9.17, 15) is 19.3 Å². The minimum atomic E-state index is -0.835. The standard InChI is InChI=1S/C15H12FNO4/c1-2-21-15(18)11-8-12(16)14(13(9-11)17(19)20)10-6-4-3-5-7-10/h3-9H,2H2,1H3. The molecule has 21 heavy (non-hydrogen) atoms. The summed E-state index contributed by atoms with van der Waals surface area (Å²) in [5.74, 6) is -1.63. The molecule has 2 aromatic carbocycles. The van der Waals surface area contributed by atoms with Gasteiger partial charge in [-0.25, -0.2) is 9.18 Å². The van der Waals surface area contributed by atoms with Gasteiger partial charge in [-0.05, 0) is 18.6 Å². The minimum absolute atomic E-state index is 0.106. The Hall–Kier alpha value is -2.76.